The molecular formula is C28H39N3. The lowest BCUT2D eigenvalue weighted by molar-refractivity contribution is 0.0195. The van der Waals surface area contributed by atoms with Crippen LogP contribution in [0.25, 0.3) is 0 Å². The van der Waals surface area contributed by atoms with Crippen molar-refractivity contribution in [3.8, 4) is 0 Å². The maximum absolute atomic E-state index is 2.76. The molecule has 0 amide bonds. The molecule has 3 aliphatic rings. The van der Waals surface area contributed by atoms with Crippen molar-refractivity contribution in [2.24, 2.45) is 5.92 Å². The Bertz CT molecular complexity index is 739. The molecule has 0 N–H and O–H groups in total. The summed E-state index contributed by atoms with van der Waals surface area (Å²) < 4.78 is 0. The summed E-state index contributed by atoms with van der Waals surface area (Å²) in [5.74, 6) is 0.924. The molecule has 0 spiro atoms. The Morgan fingerprint density at radius 2 is 1.19 bits per heavy atom. The van der Waals surface area contributed by atoms with E-state index in [1.807, 2.05) is 0 Å². The third kappa shape index (κ3) is 5.22. The first-order chi connectivity index (χ1) is 15.4. The number of rotatable bonds is 7. The molecule has 5 rings (SSSR count). The van der Waals surface area contributed by atoms with Crippen LogP contribution in [0, 0.1) is 5.92 Å². The largest absolute Gasteiger partial charge is 0.303 e. The van der Waals surface area contributed by atoms with Crippen LogP contribution in [-0.2, 0) is 0 Å². The smallest absolute Gasteiger partial charge is 0.0604 e. The van der Waals surface area contributed by atoms with Gasteiger partial charge in [-0.1, -0.05) is 67.1 Å². The van der Waals surface area contributed by atoms with Crippen LogP contribution in [0.2, 0.25) is 0 Å². The summed E-state index contributed by atoms with van der Waals surface area (Å²) in [7, 11) is 0. The van der Waals surface area contributed by atoms with Crippen LogP contribution in [0.1, 0.15) is 55.7 Å². The van der Waals surface area contributed by atoms with Gasteiger partial charge < -0.3 is 9.80 Å². The number of nitrogens with zero attached hydrogens (tertiary/aromatic N) is 3. The molecule has 0 saturated carbocycles. The van der Waals surface area contributed by atoms with Crippen LogP contribution in [0.5, 0.6) is 0 Å². The fraction of sp³-hybridized carbons (Fsp3) is 0.571. The zero-order valence-corrected chi connectivity index (χ0v) is 19.0. The van der Waals surface area contributed by atoms with Gasteiger partial charge in [-0.15, -0.1) is 0 Å². The average molecular weight is 418 g/mol. The predicted molar refractivity (Wildman–Crippen MR) is 129 cm³/mol. The Morgan fingerprint density at radius 3 is 1.74 bits per heavy atom. The van der Waals surface area contributed by atoms with Gasteiger partial charge in [0.2, 0.25) is 0 Å². The molecule has 0 bridgehead atoms. The third-order valence-electron chi connectivity index (χ3n) is 7.89. The Hall–Kier alpha value is -1.68. The Kier molecular flexibility index (Phi) is 7.03. The second kappa shape index (κ2) is 10.3. The van der Waals surface area contributed by atoms with E-state index in [9.17, 15) is 0 Å². The minimum atomic E-state index is 0.387. The van der Waals surface area contributed by atoms with Gasteiger partial charge in [-0.2, -0.15) is 0 Å². The minimum Gasteiger partial charge on any atom is -0.303 e. The van der Waals surface area contributed by atoms with Crippen molar-refractivity contribution < 1.29 is 0 Å². The van der Waals surface area contributed by atoms with Crippen molar-refractivity contribution in [3.05, 3.63) is 71.8 Å². The molecule has 3 nitrogen and oxygen atoms in total. The Morgan fingerprint density at radius 1 is 0.613 bits per heavy atom. The molecule has 31 heavy (non-hydrogen) atoms. The minimum absolute atomic E-state index is 0.387. The molecule has 1 atom stereocenters. The second-order valence-electron chi connectivity index (χ2n) is 10.0. The lowest BCUT2D eigenvalue weighted by Gasteiger charge is -2.49. The van der Waals surface area contributed by atoms with Crippen LogP contribution in [-0.4, -0.2) is 66.6 Å². The van der Waals surface area contributed by atoms with Gasteiger partial charge in [0.25, 0.3) is 0 Å². The molecule has 3 heterocycles. The quantitative estimate of drug-likeness (QED) is 0.624. The molecule has 3 aliphatic heterocycles. The number of hydrogen-bond donors (Lipinski definition) is 0. The van der Waals surface area contributed by atoms with E-state index in [1.165, 1.54) is 95.5 Å². The van der Waals surface area contributed by atoms with Crippen molar-refractivity contribution in [2.45, 2.75) is 50.6 Å². The van der Waals surface area contributed by atoms with Gasteiger partial charge >= 0.3 is 0 Å². The van der Waals surface area contributed by atoms with Crippen LogP contribution in [0.4, 0.5) is 0 Å². The topological polar surface area (TPSA) is 9.72 Å². The molecule has 166 valence electrons. The van der Waals surface area contributed by atoms with Crippen LogP contribution in [0.15, 0.2) is 60.7 Å². The second-order valence-corrected chi connectivity index (χ2v) is 10.0. The first kappa shape index (κ1) is 21.2. The molecule has 2 aromatic rings. The molecule has 3 fully saturated rings. The number of benzene rings is 2. The summed E-state index contributed by atoms with van der Waals surface area (Å²) in [4.78, 5) is 8.25. The fourth-order valence-corrected chi connectivity index (χ4v) is 6.00. The number of hydrogen-bond acceptors (Lipinski definition) is 3. The van der Waals surface area contributed by atoms with E-state index in [-0.39, 0.29) is 0 Å². The SMILES string of the molecule is c1ccc(C(c2ccccc2)N2CCC2CN2CCC(CN3CCCCC3)CC2)cc1. The van der Waals surface area contributed by atoms with Crippen molar-refractivity contribution in [3.63, 3.8) is 0 Å². The first-order valence-corrected chi connectivity index (χ1v) is 12.7. The summed E-state index contributed by atoms with van der Waals surface area (Å²) in [5.41, 5.74) is 2.86. The van der Waals surface area contributed by atoms with E-state index >= 15 is 0 Å². The Labute approximate surface area is 189 Å². The molecule has 2 aromatic carbocycles. The van der Waals surface area contributed by atoms with Crippen LogP contribution >= 0.6 is 0 Å². The zero-order chi connectivity index (χ0) is 20.9. The standard InChI is InChI=1S/C28H39N3/c1-4-10-25(11-5-1)28(26-12-6-2-7-13-26)31-21-16-27(31)23-30-19-14-24(15-20-30)22-29-17-8-3-9-18-29/h1-2,4-7,10-13,24,27-28H,3,8-9,14-23H2. The summed E-state index contributed by atoms with van der Waals surface area (Å²) in [5, 5.41) is 0. The van der Waals surface area contributed by atoms with E-state index < -0.39 is 0 Å². The van der Waals surface area contributed by atoms with E-state index in [0.717, 1.165) is 5.92 Å². The molecule has 3 saturated heterocycles. The van der Waals surface area contributed by atoms with E-state index in [1.54, 1.807) is 0 Å². The predicted octanol–water partition coefficient (Wildman–Crippen LogP) is 5.05. The van der Waals surface area contributed by atoms with E-state index in [4.69, 9.17) is 0 Å². The summed E-state index contributed by atoms with van der Waals surface area (Å²) in [6.45, 7) is 9.09. The maximum Gasteiger partial charge on any atom is 0.0604 e. The molecule has 0 radical (unpaired) electrons. The number of likely N-dealkylation sites (tertiary alicyclic amines) is 3. The fourth-order valence-electron chi connectivity index (χ4n) is 6.00. The lowest BCUT2D eigenvalue weighted by atomic mass is 9.89. The molecule has 1 unspecified atom stereocenters. The maximum atomic E-state index is 2.76. The monoisotopic (exact) mass is 417 g/mol. The third-order valence-corrected chi connectivity index (χ3v) is 7.89. The summed E-state index contributed by atoms with van der Waals surface area (Å²) in [6.07, 6.45) is 8.40. The zero-order valence-electron chi connectivity index (χ0n) is 19.0. The van der Waals surface area contributed by atoms with Crippen LogP contribution in [0.3, 0.4) is 0 Å². The highest BCUT2D eigenvalue weighted by atomic mass is 15.3. The summed E-state index contributed by atoms with van der Waals surface area (Å²) >= 11 is 0. The van der Waals surface area contributed by atoms with Gasteiger partial charge in [-0.05, 0) is 75.3 Å². The van der Waals surface area contributed by atoms with Crippen LogP contribution < -0.4 is 0 Å². The normalized spacial score (nSPS) is 24.4. The van der Waals surface area contributed by atoms with Gasteiger partial charge in [0, 0.05) is 25.7 Å². The first-order valence-electron chi connectivity index (χ1n) is 12.7. The van der Waals surface area contributed by atoms with Gasteiger partial charge in [0.15, 0.2) is 0 Å². The number of piperidine rings is 2. The summed E-state index contributed by atoms with van der Waals surface area (Å²) in [6, 6.07) is 23.3. The highest BCUT2D eigenvalue weighted by molar-refractivity contribution is 5.32. The van der Waals surface area contributed by atoms with E-state index in [2.05, 4.69) is 75.4 Å². The molecule has 3 heteroatoms. The highest BCUT2D eigenvalue weighted by Gasteiger charge is 2.37. The van der Waals surface area contributed by atoms with Gasteiger partial charge in [0.1, 0.15) is 0 Å². The molecule has 0 aromatic heterocycles. The van der Waals surface area contributed by atoms with Gasteiger partial charge in [-0.25, -0.2) is 0 Å². The average Bonchev–Trinajstić information content (AvgIpc) is 2.83. The van der Waals surface area contributed by atoms with Gasteiger partial charge in [0.05, 0.1) is 6.04 Å². The lowest BCUT2D eigenvalue weighted by Crippen LogP contribution is -2.56. The van der Waals surface area contributed by atoms with Gasteiger partial charge in [-0.3, -0.25) is 4.90 Å². The Balaban J connectivity index is 1.18. The highest BCUT2D eigenvalue weighted by Crippen LogP contribution is 2.36. The molecular weight excluding hydrogens is 378 g/mol. The van der Waals surface area contributed by atoms with Crippen molar-refractivity contribution >= 4 is 0 Å². The van der Waals surface area contributed by atoms with Crippen molar-refractivity contribution in [2.75, 3.05) is 45.8 Å². The van der Waals surface area contributed by atoms with E-state index in [0.29, 0.717) is 12.1 Å². The molecule has 0 aliphatic carbocycles. The van der Waals surface area contributed by atoms with Crippen molar-refractivity contribution in [1.29, 1.82) is 0 Å². The van der Waals surface area contributed by atoms with Crippen molar-refractivity contribution in [1.82, 2.24) is 14.7 Å².